The molecule has 0 spiro atoms. The minimum atomic E-state index is 0.0890. The minimum absolute atomic E-state index is 0.0890. The first-order valence-electron chi connectivity index (χ1n) is 6.77. The molecule has 0 saturated carbocycles. The Labute approximate surface area is 138 Å². The lowest BCUT2D eigenvalue weighted by Crippen LogP contribution is -2.35. The van der Waals surface area contributed by atoms with E-state index < -0.39 is 0 Å². The number of benzene rings is 1. The smallest absolute Gasteiger partial charge is 0.230 e. The first-order chi connectivity index (χ1) is 10.1. The van der Waals surface area contributed by atoms with Crippen LogP contribution in [0.25, 0.3) is 0 Å². The van der Waals surface area contributed by atoms with E-state index in [1.54, 1.807) is 23.1 Å². The van der Waals surface area contributed by atoms with Crippen LogP contribution in [-0.2, 0) is 17.0 Å². The monoisotopic (exact) mass is 339 g/mol. The lowest BCUT2D eigenvalue weighted by atomic mass is 10.1. The van der Waals surface area contributed by atoms with Gasteiger partial charge in [0.15, 0.2) is 0 Å². The first kappa shape index (κ1) is 16.4. The Morgan fingerprint density at radius 2 is 2.24 bits per heavy atom. The van der Waals surface area contributed by atoms with Gasteiger partial charge >= 0.3 is 0 Å². The van der Waals surface area contributed by atoms with Crippen LogP contribution in [0.5, 0.6) is 0 Å². The molecule has 0 unspecified atom stereocenters. The van der Waals surface area contributed by atoms with Crippen molar-refractivity contribution in [2.24, 2.45) is 0 Å². The van der Waals surface area contributed by atoms with Crippen molar-refractivity contribution < 1.29 is 4.79 Å². The largest absolute Gasteiger partial charge is 0.353 e. The maximum absolute atomic E-state index is 11.9. The number of carbonyl (C=O) groups excluding carboxylic acids is 1. The number of thioether (sulfide) groups is 1. The Kier molecular flexibility index (Phi) is 6.61. The molecule has 0 aliphatic rings. The molecular formula is C16H18ClNOS2. The van der Waals surface area contributed by atoms with Gasteiger partial charge in [0, 0.05) is 21.7 Å². The van der Waals surface area contributed by atoms with E-state index in [9.17, 15) is 4.79 Å². The average molecular weight is 340 g/mol. The summed E-state index contributed by atoms with van der Waals surface area (Å²) >= 11 is 9.34. The molecular weight excluding hydrogens is 322 g/mol. The van der Waals surface area contributed by atoms with Gasteiger partial charge in [-0.2, -0.15) is 0 Å². The highest BCUT2D eigenvalue weighted by Gasteiger charge is 2.08. The molecule has 2 aromatic rings. The quantitative estimate of drug-likeness (QED) is 0.811. The predicted molar refractivity (Wildman–Crippen MR) is 93.2 cm³/mol. The summed E-state index contributed by atoms with van der Waals surface area (Å²) in [6, 6.07) is 12.0. The molecule has 0 fully saturated rings. The van der Waals surface area contributed by atoms with E-state index in [-0.39, 0.29) is 11.9 Å². The highest BCUT2D eigenvalue weighted by molar-refractivity contribution is 7.99. The van der Waals surface area contributed by atoms with Crippen molar-refractivity contribution in [3.05, 3.63) is 57.2 Å². The summed E-state index contributed by atoms with van der Waals surface area (Å²) in [6.45, 7) is 2.02. The number of hydrogen-bond acceptors (Lipinski definition) is 3. The zero-order valence-electron chi connectivity index (χ0n) is 11.8. The average Bonchev–Trinajstić information content (AvgIpc) is 2.91. The van der Waals surface area contributed by atoms with Crippen molar-refractivity contribution in [1.82, 2.24) is 5.32 Å². The number of nitrogens with one attached hydrogen (secondary N) is 1. The molecule has 112 valence electrons. The number of carbonyl (C=O) groups is 1. The van der Waals surface area contributed by atoms with Crippen LogP contribution in [0.3, 0.4) is 0 Å². The van der Waals surface area contributed by atoms with Crippen molar-refractivity contribution in [3.63, 3.8) is 0 Å². The second-order valence-corrected chi connectivity index (χ2v) is 7.33. The standard InChI is InChI=1S/C16H18ClNOS2/c1-12(8-13-4-2-5-14(17)9-13)18-16(19)11-20-10-15-6-3-7-21-15/h2-7,9,12H,8,10-11H2,1H3,(H,18,19)/t12-/m0/s1. The zero-order chi connectivity index (χ0) is 15.1. The molecule has 0 aliphatic heterocycles. The van der Waals surface area contributed by atoms with Gasteiger partial charge in [-0.1, -0.05) is 29.8 Å². The van der Waals surface area contributed by atoms with Gasteiger partial charge in [0.1, 0.15) is 0 Å². The summed E-state index contributed by atoms with van der Waals surface area (Å²) in [5.41, 5.74) is 1.14. The van der Waals surface area contributed by atoms with E-state index in [0.717, 1.165) is 22.8 Å². The second kappa shape index (κ2) is 8.47. The number of rotatable bonds is 7. The van der Waals surface area contributed by atoms with Crippen LogP contribution >= 0.6 is 34.7 Å². The molecule has 1 N–H and O–H groups in total. The van der Waals surface area contributed by atoms with Gasteiger partial charge in [-0.25, -0.2) is 0 Å². The van der Waals surface area contributed by atoms with E-state index in [1.807, 2.05) is 37.3 Å². The molecule has 21 heavy (non-hydrogen) atoms. The molecule has 2 nitrogen and oxygen atoms in total. The third-order valence-electron chi connectivity index (χ3n) is 2.90. The summed E-state index contributed by atoms with van der Waals surface area (Å²) in [5.74, 6) is 1.48. The van der Waals surface area contributed by atoms with Crippen LogP contribution in [0.4, 0.5) is 0 Å². The first-order valence-corrected chi connectivity index (χ1v) is 9.18. The molecule has 1 aromatic heterocycles. The molecule has 0 aliphatic carbocycles. The van der Waals surface area contributed by atoms with Crippen LogP contribution in [0.15, 0.2) is 41.8 Å². The summed E-state index contributed by atoms with van der Waals surface area (Å²) in [6.07, 6.45) is 0.794. The maximum Gasteiger partial charge on any atom is 0.230 e. The number of amides is 1. The van der Waals surface area contributed by atoms with Crippen molar-refractivity contribution in [3.8, 4) is 0 Å². The van der Waals surface area contributed by atoms with E-state index in [0.29, 0.717) is 5.75 Å². The summed E-state index contributed by atoms with van der Waals surface area (Å²) in [5, 5.41) is 5.82. The predicted octanol–water partition coefficient (Wildman–Crippen LogP) is 4.38. The van der Waals surface area contributed by atoms with Gasteiger partial charge in [-0.3, -0.25) is 4.79 Å². The Morgan fingerprint density at radius 1 is 1.38 bits per heavy atom. The molecule has 1 aromatic carbocycles. The highest BCUT2D eigenvalue weighted by Crippen LogP contribution is 2.17. The SMILES string of the molecule is C[C@@H](Cc1cccc(Cl)c1)NC(=O)CSCc1cccs1. The van der Waals surface area contributed by atoms with Gasteiger partial charge in [0.25, 0.3) is 0 Å². The van der Waals surface area contributed by atoms with Crippen LogP contribution in [0.2, 0.25) is 5.02 Å². The van der Waals surface area contributed by atoms with Gasteiger partial charge in [0.2, 0.25) is 5.91 Å². The van der Waals surface area contributed by atoms with E-state index in [2.05, 4.69) is 16.8 Å². The zero-order valence-corrected chi connectivity index (χ0v) is 14.2. The molecule has 5 heteroatoms. The van der Waals surface area contributed by atoms with E-state index in [1.165, 1.54) is 4.88 Å². The third-order valence-corrected chi connectivity index (χ3v) is 5.17. The van der Waals surface area contributed by atoms with Crippen molar-refractivity contribution in [2.45, 2.75) is 25.1 Å². The number of thiophene rings is 1. The number of hydrogen-bond donors (Lipinski definition) is 1. The molecule has 1 atom stereocenters. The Bertz CT molecular complexity index is 571. The Hall–Kier alpha value is -0.970. The van der Waals surface area contributed by atoms with Gasteiger partial charge in [-0.15, -0.1) is 23.1 Å². The summed E-state index contributed by atoms with van der Waals surface area (Å²) in [7, 11) is 0. The Morgan fingerprint density at radius 3 is 2.95 bits per heavy atom. The normalized spacial score (nSPS) is 12.1. The Balaban J connectivity index is 1.69. The minimum Gasteiger partial charge on any atom is -0.353 e. The molecule has 2 rings (SSSR count). The van der Waals surface area contributed by atoms with Crippen LogP contribution < -0.4 is 5.32 Å². The van der Waals surface area contributed by atoms with Crippen molar-refractivity contribution in [2.75, 3.05) is 5.75 Å². The van der Waals surface area contributed by atoms with E-state index in [4.69, 9.17) is 11.6 Å². The molecule has 0 radical (unpaired) electrons. The fraction of sp³-hybridized carbons (Fsp3) is 0.312. The lowest BCUT2D eigenvalue weighted by molar-refractivity contribution is -0.119. The molecule has 0 saturated heterocycles. The molecule has 0 bridgehead atoms. The lowest BCUT2D eigenvalue weighted by Gasteiger charge is -2.14. The maximum atomic E-state index is 11.9. The summed E-state index contributed by atoms with van der Waals surface area (Å²) in [4.78, 5) is 13.2. The van der Waals surface area contributed by atoms with Crippen molar-refractivity contribution >= 4 is 40.6 Å². The van der Waals surface area contributed by atoms with Gasteiger partial charge in [-0.05, 0) is 42.5 Å². The topological polar surface area (TPSA) is 29.1 Å². The van der Waals surface area contributed by atoms with E-state index >= 15 is 0 Å². The fourth-order valence-electron chi connectivity index (χ4n) is 2.02. The molecule has 1 heterocycles. The van der Waals surface area contributed by atoms with Crippen LogP contribution in [0, 0.1) is 0 Å². The van der Waals surface area contributed by atoms with Crippen molar-refractivity contribution in [1.29, 1.82) is 0 Å². The van der Waals surface area contributed by atoms with Gasteiger partial charge < -0.3 is 5.32 Å². The summed E-state index contributed by atoms with van der Waals surface area (Å²) < 4.78 is 0. The third kappa shape index (κ3) is 6.12. The highest BCUT2D eigenvalue weighted by atomic mass is 35.5. The van der Waals surface area contributed by atoms with Crippen LogP contribution in [0.1, 0.15) is 17.4 Å². The molecule has 1 amide bonds. The number of halogens is 1. The van der Waals surface area contributed by atoms with Gasteiger partial charge in [0.05, 0.1) is 5.75 Å². The van der Waals surface area contributed by atoms with Crippen LogP contribution in [-0.4, -0.2) is 17.7 Å². The second-order valence-electron chi connectivity index (χ2n) is 4.87. The fourth-order valence-corrected chi connectivity index (χ4v) is 3.92.